The summed E-state index contributed by atoms with van der Waals surface area (Å²) in [6.45, 7) is 0.323. The predicted molar refractivity (Wildman–Crippen MR) is 64.1 cm³/mol. The first-order chi connectivity index (χ1) is 6.88. The van der Waals surface area contributed by atoms with Gasteiger partial charge in [-0.3, -0.25) is 0 Å². The van der Waals surface area contributed by atoms with Gasteiger partial charge in [0.25, 0.3) is 0 Å². The molecule has 0 spiro atoms. The Morgan fingerprint density at radius 2 is 2.13 bits per heavy atom. The molecular weight excluding hydrogens is 236 g/mol. The quantitative estimate of drug-likeness (QED) is 0.790. The predicted octanol–water partition coefficient (Wildman–Crippen LogP) is 1.38. The largest absolute Gasteiger partial charge is 0.397 e. The molecular formula is C9H13ClN2O2S. The lowest BCUT2D eigenvalue weighted by Gasteiger charge is -2.08. The highest BCUT2D eigenvalue weighted by Gasteiger charge is 2.03. The van der Waals surface area contributed by atoms with Gasteiger partial charge < -0.3 is 11.1 Å². The summed E-state index contributed by atoms with van der Waals surface area (Å²) in [6.07, 6.45) is 1.19. The van der Waals surface area contributed by atoms with Gasteiger partial charge in [0.15, 0.2) is 0 Å². The molecule has 0 aliphatic rings. The Hall–Kier alpha value is -0.940. The van der Waals surface area contributed by atoms with Crippen LogP contribution in [0.15, 0.2) is 18.2 Å². The molecule has 0 radical (unpaired) electrons. The second-order valence-electron chi connectivity index (χ2n) is 3.29. The number of anilines is 2. The number of nitrogens with two attached hydrogens (primary N) is 1. The lowest BCUT2D eigenvalue weighted by molar-refractivity contribution is 0.602. The molecule has 0 aromatic heterocycles. The van der Waals surface area contributed by atoms with Crippen LogP contribution in [0.2, 0.25) is 5.02 Å². The first kappa shape index (κ1) is 12.1. The second-order valence-corrected chi connectivity index (χ2v) is 5.98. The van der Waals surface area contributed by atoms with Crippen LogP contribution in [0, 0.1) is 0 Å². The van der Waals surface area contributed by atoms with Crippen molar-refractivity contribution in [3.63, 3.8) is 0 Å². The van der Waals surface area contributed by atoms with Crippen molar-refractivity contribution in [2.45, 2.75) is 0 Å². The third-order valence-corrected chi connectivity index (χ3v) is 2.98. The Morgan fingerprint density at radius 1 is 1.47 bits per heavy atom. The van der Waals surface area contributed by atoms with Gasteiger partial charge in [-0.25, -0.2) is 8.42 Å². The number of nitrogens with one attached hydrogen (secondary N) is 1. The number of hydrogen-bond acceptors (Lipinski definition) is 4. The molecule has 0 atom stereocenters. The van der Waals surface area contributed by atoms with Crippen molar-refractivity contribution in [3.05, 3.63) is 23.2 Å². The number of benzene rings is 1. The van der Waals surface area contributed by atoms with Gasteiger partial charge in [0, 0.05) is 17.8 Å². The van der Waals surface area contributed by atoms with Gasteiger partial charge in [-0.2, -0.15) is 0 Å². The minimum Gasteiger partial charge on any atom is -0.397 e. The summed E-state index contributed by atoms with van der Waals surface area (Å²) >= 11 is 5.77. The van der Waals surface area contributed by atoms with Crippen LogP contribution in [0.5, 0.6) is 0 Å². The fourth-order valence-electron chi connectivity index (χ4n) is 1.05. The van der Waals surface area contributed by atoms with Crippen LogP contribution in [-0.2, 0) is 9.84 Å². The Kier molecular flexibility index (Phi) is 3.82. The van der Waals surface area contributed by atoms with Crippen molar-refractivity contribution >= 4 is 32.8 Å². The Morgan fingerprint density at radius 3 is 2.73 bits per heavy atom. The van der Waals surface area contributed by atoms with E-state index in [1.54, 1.807) is 18.2 Å². The van der Waals surface area contributed by atoms with Crippen molar-refractivity contribution in [2.24, 2.45) is 0 Å². The van der Waals surface area contributed by atoms with Crippen LogP contribution < -0.4 is 11.1 Å². The summed E-state index contributed by atoms with van der Waals surface area (Å²) in [5.41, 5.74) is 6.88. The van der Waals surface area contributed by atoms with E-state index in [0.29, 0.717) is 22.9 Å². The van der Waals surface area contributed by atoms with Gasteiger partial charge in [0.1, 0.15) is 9.84 Å². The average molecular weight is 249 g/mol. The van der Waals surface area contributed by atoms with Gasteiger partial charge in [0.2, 0.25) is 0 Å². The van der Waals surface area contributed by atoms with Crippen LogP contribution in [-0.4, -0.2) is 27.0 Å². The molecule has 6 heteroatoms. The Labute approximate surface area is 94.3 Å². The SMILES string of the molecule is CS(=O)(=O)CCNc1cc(Cl)ccc1N. The first-order valence-corrected chi connectivity index (χ1v) is 6.79. The minimum absolute atomic E-state index is 0.0684. The van der Waals surface area contributed by atoms with E-state index in [9.17, 15) is 8.42 Å². The van der Waals surface area contributed by atoms with Crippen LogP contribution in [0.1, 0.15) is 0 Å². The third kappa shape index (κ3) is 4.40. The second kappa shape index (κ2) is 4.72. The number of hydrogen-bond donors (Lipinski definition) is 2. The highest BCUT2D eigenvalue weighted by Crippen LogP contribution is 2.22. The fourth-order valence-corrected chi connectivity index (χ4v) is 1.70. The lowest BCUT2D eigenvalue weighted by atomic mass is 10.3. The van der Waals surface area contributed by atoms with Gasteiger partial charge in [-0.05, 0) is 18.2 Å². The molecule has 0 bridgehead atoms. The van der Waals surface area contributed by atoms with E-state index < -0.39 is 9.84 Å². The molecule has 0 saturated carbocycles. The van der Waals surface area contributed by atoms with E-state index in [1.165, 1.54) is 6.26 Å². The molecule has 0 heterocycles. The molecule has 0 aliphatic heterocycles. The highest BCUT2D eigenvalue weighted by atomic mass is 35.5. The molecule has 0 saturated heterocycles. The number of nitrogen functional groups attached to an aromatic ring is 1. The van der Waals surface area contributed by atoms with Gasteiger partial charge in [-0.1, -0.05) is 11.6 Å². The minimum atomic E-state index is -2.95. The number of sulfone groups is 1. The molecule has 0 amide bonds. The number of halogens is 1. The molecule has 1 aromatic carbocycles. The van der Waals surface area contributed by atoms with E-state index in [1.807, 2.05) is 0 Å². The zero-order valence-electron chi connectivity index (χ0n) is 8.33. The van der Waals surface area contributed by atoms with E-state index >= 15 is 0 Å². The van der Waals surface area contributed by atoms with E-state index in [-0.39, 0.29) is 5.75 Å². The lowest BCUT2D eigenvalue weighted by Crippen LogP contribution is -2.14. The summed E-state index contributed by atoms with van der Waals surface area (Å²) in [7, 11) is -2.95. The van der Waals surface area contributed by atoms with E-state index in [4.69, 9.17) is 17.3 Å². The fraction of sp³-hybridized carbons (Fsp3) is 0.333. The third-order valence-electron chi connectivity index (χ3n) is 1.80. The Balaban J connectivity index is 2.61. The standard InChI is InChI=1S/C9H13ClN2O2S/c1-15(13,14)5-4-12-9-6-7(10)2-3-8(9)11/h2-3,6,12H,4-5,11H2,1H3. The zero-order chi connectivity index (χ0) is 11.5. The smallest absolute Gasteiger partial charge is 0.149 e. The molecule has 15 heavy (non-hydrogen) atoms. The summed E-state index contributed by atoms with van der Waals surface area (Å²) in [5, 5.41) is 3.48. The average Bonchev–Trinajstić information content (AvgIpc) is 2.09. The van der Waals surface area contributed by atoms with Gasteiger partial charge >= 0.3 is 0 Å². The van der Waals surface area contributed by atoms with E-state index in [0.717, 1.165) is 0 Å². The van der Waals surface area contributed by atoms with E-state index in [2.05, 4.69) is 5.32 Å². The maximum absolute atomic E-state index is 10.9. The molecule has 84 valence electrons. The first-order valence-electron chi connectivity index (χ1n) is 4.35. The summed E-state index contributed by atoms with van der Waals surface area (Å²) in [4.78, 5) is 0. The monoisotopic (exact) mass is 248 g/mol. The zero-order valence-corrected chi connectivity index (χ0v) is 9.90. The van der Waals surface area contributed by atoms with Crippen molar-refractivity contribution in [1.82, 2.24) is 0 Å². The molecule has 0 unspecified atom stereocenters. The highest BCUT2D eigenvalue weighted by molar-refractivity contribution is 7.90. The summed E-state index contributed by atoms with van der Waals surface area (Å²) in [6, 6.07) is 5.02. The molecule has 0 aliphatic carbocycles. The molecule has 3 N–H and O–H groups in total. The van der Waals surface area contributed by atoms with Crippen LogP contribution in [0.3, 0.4) is 0 Å². The van der Waals surface area contributed by atoms with Crippen LogP contribution >= 0.6 is 11.6 Å². The molecule has 4 nitrogen and oxygen atoms in total. The number of rotatable bonds is 4. The molecule has 0 fully saturated rings. The van der Waals surface area contributed by atoms with Crippen LogP contribution in [0.25, 0.3) is 0 Å². The maximum atomic E-state index is 10.9. The molecule has 1 aromatic rings. The van der Waals surface area contributed by atoms with Crippen molar-refractivity contribution in [3.8, 4) is 0 Å². The summed E-state index contributed by atoms with van der Waals surface area (Å²) < 4.78 is 21.8. The van der Waals surface area contributed by atoms with Crippen molar-refractivity contribution in [1.29, 1.82) is 0 Å². The molecule has 1 rings (SSSR count). The van der Waals surface area contributed by atoms with Gasteiger partial charge in [-0.15, -0.1) is 0 Å². The van der Waals surface area contributed by atoms with Crippen molar-refractivity contribution < 1.29 is 8.42 Å². The maximum Gasteiger partial charge on any atom is 0.149 e. The van der Waals surface area contributed by atoms with Crippen LogP contribution in [0.4, 0.5) is 11.4 Å². The normalized spacial score (nSPS) is 11.3. The van der Waals surface area contributed by atoms with Gasteiger partial charge in [0.05, 0.1) is 17.1 Å². The summed E-state index contributed by atoms with van der Waals surface area (Å²) in [5.74, 6) is 0.0684. The van der Waals surface area contributed by atoms with Crippen molar-refractivity contribution in [2.75, 3.05) is 29.6 Å². The Bertz CT molecular complexity index is 445. The topological polar surface area (TPSA) is 72.2 Å².